The van der Waals surface area contributed by atoms with Crippen LogP contribution in [0.5, 0.6) is 0 Å². The Morgan fingerprint density at radius 3 is 2.31 bits per heavy atom. The van der Waals surface area contributed by atoms with Crippen molar-refractivity contribution in [2.75, 3.05) is 0 Å². The zero-order valence-corrected chi connectivity index (χ0v) is 7.51. The molecule has 0 bridgehead atoms. The summed E-state index contributed by atoms with van der Waals surface area (Å²) in [4.78, 5) is 21.3. The summed E-state index contributed by atoms with van der Waals surface area (Å²) in [6, 6.07) is -1.10. The van der Waals surface area contributed by atoms with Crippen LogP contribution in [0.4, 0.5) is 9.59 Å². The topological polar surface area (TPSA) is 84.2 Å². The quantitative estimate of drug-likeness (QED) is 0.561. The third kappa shape index (κ3) is 3.78. The van der Waals surface area contributed by atoms with Crippen molar-refractivity contribution in [3.05, 3.63) is 0 Å². The van der Waals surface area contributed by atoms with E-state index in [9.17, 15) is 9.59 Å². The molecular formula is C8H15N3O2. The van der Waals surface area contributed by atoms with E-state index >= 15 is 0 Å². The van der Waals surface area contributed by atoms with Gasteiger partial charge in [0.25, 0.3) is 0 Å². The number of carbonyl (C=O) groups excluding carboxylic acids is 2. The van der Waals surface area contributed by atoms with Crippen LogP contribution in [0.15, 0.2) is 0 Å². The van der Waals surface area contributed by atoms with Gasteiger partial charge < -0.3 is 11.1 Å². The molecule has 1 rings (SSSR count). The van der Waals surface area contributed by atoms with Gasteiger partial charge in [-0.05, 0) is 12.8 Å². The molecule has 13 heavy (non-hydrogen) atoms. The van der Waals surface area contributed by atoms with Crippen LogP contribution in [0.25, 0.3) is 0 Å². The summed E-state index contributed by atoms with van der Waals surface area (Å²) in [5, 5.41) is 4.68. The molecule has 4 N–H and O–H groups in total. The van der Waals surface area contributed by atoms with Gasteiger partial charge in [0.05, 0.1) is 0 Å². The van der Waals surface area contributed by atoms with Gasteiger partial charge in [-0.25, -0.2) is 9.59 Å². The molecule has 0 aromatic heterocycles. The van der Waals surface area contributed by atoms with Crippen molar-refractivity contribution in [3.8, 4) is 0 Å². The molecule has 1 aliphatic rings. The smallest absolute Gasteiger partial charge is 0.323 e. The second-order valence-electron chi connectivity index (χ2n) is 3.30. The Kier molecular flexibility index (Phi) is 3.54. The lowest BCUT2D eigenvalue weighted by Crippen LogP contribution is -2.46. The number of imide groups is 1. The van der Waals surface area contributed by atoms with Crippen LogP contribution >= 0.6 is 0 Å². The van der Waals surface area contributed by atoms with E-state index in [4.69, 9.17) is 5.73 Å². The van der Waals surface area contributed by atoms with Crippen molar-refractivity contribution in [2.24, 2.45) is 5.73 Å². The molecule has 1 fully saturated rings. The average Bonchev–Trinajstić information content (AvgIpc) is 2.04. The SMILES string of the molecule is NC(=O)NC(=O)NC1CCCCC1. The average molecular weight is 185 g/mol. The van der Waals surface area contributed by atoms with E-state index in [1.165, 1.54) is 6.42 Å². The molecule has 74 valence electrons. The highest BCUT2D eigenvalue weighted by molar-refractivity contribution is 5.92. The first-order valence-corrected chi connectivity index (χ1v) is 4.55. The van der Waals surface area contributed by atoms with E-state index in [1.54, 1.807) is 0 Å². The van der Waals surface area contributed by atoms with E-state index < -0.39 is 12.1 Å². The fourth-order valence-corrected chi connectivity index (χ4v) is 1.58. The van der Waals surface area contributed by atoms with Crippen LogP contribution in [0.3, 0.4) is 0 Å². The minimum absolute atomic E-state index is 0.202. The van der Waals surface area contributed by atoms with Gasteiger partial charge in [-0.1, -0.05) is 19.3 Å². The highest BCUT2D eigenvalue weighted by atomic mass is 16.2. The third-order valence-electron chi connectivity index (χ3n) is 2.18. The Morgan fingerprint density at radius 1 is 1.15 bits per heavy atom. The number of rotatable bonds is 1. The van der Waals surface area contributed by atoms with Crippen molar-refractivity contribution < 1.29 is 9.59 Å². The van der Waals surface area contributed by atoms with Crippen LogP contribution in [-0.2, 0) is 0 Å². The molecule has 1 aliphatic carbocycles. The summed E-state index contributed by atoms with van der Waals surface area (Å²) in [7, 11) is 0. The molecule has 0 unspecified atom stereocenters. The molecule has 0 aliphatic heterocycles. The summed E-state index contributed by atoms with van der Waals surface area (Å²) in [5.41, 5.74) is 4.79. The molecule has 0 aromatic rings. The highest BCUT2D eigenvalue weighted by Crippen LogP contribution is 2.16. The normalized spacial score (nSPS) is 17.8. The number of carbonyl (C=O) groups is 2. The molecule has 5 heteroatoms. The summed E-state index contributed by atoms with van der Waals surface area (Å²) in [5.74, 6) is 0. The fraction of sp³-hybridized carbons (Fsp3) is 0.750. The first-order chi connectivity index (χ1) is 6.18. The van der Waals surface area contributed by atoms with Gasteiger partial charge >= 0.3 is 12.1 Å². The standard InChI is InChI=1S/C8H15N3O2/c9-7(12)11-8(13)10-6-4-2-1-3-5-6/h6H,1-5H2,(H4,9,10,11,12,13). The molecule has 5 nitrogen and oxygen atoms in total. The zero-order valence-electron chi connectivity index (χ0n) is 7.51. The zero-order chi connectivity index (χ0) is 9.68. The molecule has 0 radical (unpaired) electrons. The lowest BCUT2D eigenvalue weighted by atomic mass is 9.96. The van der Waals surface area contributed by atoms with Gasteiger partial charge in [0.2, 0.25) is 0 Å². The van der Waals surface area contributed by atoms with Crippen molar-refractivity contribution in [1.29, 1.82) is 0 Å². The molecule has 1 saturated carbocycles. The number of urea groups is 2. The van der Waals surface area contributed by atoms with Crippen molar-refractivity contribution >= 4 is 12.1 Å². The van der Waals surface area contributed by atoms with Crippen LogP contribution in [0.2, 0.25) is 0 Å². The van der Waals surface area contributed by atoms with E-state index in [-0.39, 0.29) is 6.04 Å². The first-order valence-electron chi connectivity index (χ1n) is 4.55. The van der Waals surface area contributed by atoms with Gasteiger partial charge in [0.15, 0.2) is 0 Å². The van der Waals surface area contributed by atoms with Crippen LogP contribution in [-0.4, -0.2) is 18.1 Å². The van der Waals surface area contributed by atoms with E-state index in [1.807, 2.05) is 5.32 Å². The van der Waals surface area contributed by atoms with Gasteiger partial charge in [0.1, 0.15) is 0 Å². The summed E-state index contributed by atoms with van der Waals surface area (Å²) >= 11 is 0. The largest absolute Gasteiger partial charge is 0.351 e. The Bertz CT molecular complexity index is 200. The van der Waals surface area contributed by atoms with Crippen molar-refractivity contribution in [3.63, 3.8) is 0 Å². The van der Waals surface area contributed by atoms with E-state index in [0.717, 1.165) is 25.7 Å². The summed E-state index contributed by atoms with van der Waals surface area (Å²) < 4.78 is 0. The molecule has 0 aromatic carbocycles. The third-order valence-corrected chi connectivity index (χ3v) is 2.18. The van der Waals surface area contributed by atoms with Crippen molar-refractivity contribution in [2.45, 2.75) is 38.1 Å². The monoisotopic (exact) mass is 185 g/mol. The maximum absolute atomic E-state index is 11.0. The first kappa shape index (κ1) is 9.83. The molecule has 0 saturated heterocycles. The molecular weight excluding hydrogens is 170 g/mol. The molecule has 0 heterocycles. The van der Waals surface area contributed by atoms with Crippen LogP contribution in [0, 0.1) is 0 Å². The minimum atomic E-state index is -0.812. The van der Waals surface area contributed by atoms with Gasteiger partial charge in [-0.3, -0.25) is 5.32 Å². The van der Waals surface area contributed by atoms with E-state index in [2.05, 4.69) is 5.32 Å². The minimum Gasteiger partial charge on any atom is -0.351 e. The summed E-state index contributed by atoms with van der Waals surface area (Å²) in [6.07, 6.45) is 5.50. The number of nitrogens with one attached hydrogen (secondary N) is 2. The number of amides is 4. The van der Waals surface area contributed by atoms with Crippen LogP contribution in [0.1, 0.15) is 32.1 Å². The predicted molar refractivity (Wildman–Crippen MR) is 48.1 cm³/mol. The molecule has 4 amide bonds. The van der Waals surface area contributed by atoms with Crippen molar-refractivity contribution in [1.82, 2.24) is 10.6 Å². The fourth-order valence-electron chi connectivity index (χ4n) is 1.58. The Hall–Kier alpha value is -1.26. The number of hydrogen-bond acceptors (Lipinski definition) is 2. The second kappa shape index (κ2) is 4.69. The lowest BCUT2D eigenvalue weighted by molar-refractivity contribution is 0.226. The Morgan fingerprint density at radius 2 is 1.77 bits per heavy atom. The lowest BCUT2D eigenvalue weighted by Gasteiger charge is -2.22. The second-order valence-corrected chi connectivity index (χ2v) is 3.30. The van der Waals surface area contributed by atoms with E-state index in [0.29, 0.717) is 0 Å². The maximum Gasteiger partial charge on any atom is 0.323 e. The number of nitrogens with two attached hydrogens (primary N) is 1. The maximum atomic E-state index is 11.0. The van der Waals surface area contributed by atoms with Gasteiger partial charge in [-0.15, -0.1) is 0 Å². The molecule has 0 spiro atoms. The number of hydrogen-bond donors (Lipinski definition) is 3. The Labute approximate surface area is 77.1 Å². The predicted octanol–water partition coefficient (Wildman–Crippen LogP) is 0.697. The summed E-state index contributed by atoms with van der Waals surface area (Å²) in [6.45, 7) is 0. The van der Waals surface area contributed by atoms with Crippen LogP contribution < -0.4 is 16.4 Å². The molecule has 0 atom stereocenters. The highest BCUT2D eigenvalue weighted by Gasteiger charge is 2.15. The van der Waals surface area contributed by atoms with Gasteiger partial charge in [0, 0.05) is 6.04 Å². The number of primary amides is 1. The van der Waals surface area contributed by atoms with Gasteiger partial charge in [-0.2, -0.15) is 0 Å². The Balaban J connectivity index is 2.22.